The molecule has 5 rings (SSSR count). The van der Waals surface area contributed by atoms with Crippen molar-refractivity contribution in [2.75, 3.05) is 19.0 Å². The molecule has 208 valence electrons. The Balaban J connectivity index is 1.37. The number of fused-ring (bicyclic) bond motifs is 1. The van der Waals surface area contributed by atoms with E-state index in [4.69, 9.17) is 4.74 Å². The maximum absolute atomic E-state index is 13.6. The van der Waals surface area contributed by atoms with Gasteiger partial charge in [-0.15, -0.1) is 0 Å². The summed E-state index contributed by atoms with van der Waals surface area (Å²) in [7, 11) is -2.30. The third-order valence-corrected chi connectivity index (χ3v) is 10.5. The predicted molar refractivity (Wildman–Crippen MR) is 148 cm³/mol. The van der Waals surface area contributed by atoms with E-state index in [2.05, 4.69) is 15.3 Å². The molecule has 2 N–H and O–H groups in total. The highest BCUT2D eigenvalue weighted by molar-refractivity contribution is 7.89. The molecule has 3 aromatic rings. The number of hydrogen-bond donors (Lipinski definition) is 2. The van der Waals surface area contributed by atoms with Gasteiger partial charge in [-0.3, -0.25) is 9.59 Å². The number of ether oxygens (including phenoxy) is 1. The van der Waals surface area contributed by atoms with Crippen LogP contribution in [0.15, 0.2) is 41.3 Å². The lowest BCUT2D eigenvalue weighted by molar-refractivity contribution is -0.137. The van der Waals surface area contributed by atoms with Gasteiger partial charge < -0.3 is 15.2 Å². The molecule has 2 fully saturated rings. The highest BCUT2D eigenvalue weighted by Crippen LogP contribution is 2.36. The highest BCUT2D eigenvalue weighted by atomic mass is 32.2. The summed E-state index contributed by atoms with van der Waals surface area (Å²) < 4.78 is 33.1. The third-order valence-electron chi connectivity index (χ3n) is 7.65. The minimum Gasteiger partial charge on any atom is -0.481 e. The zero-order valence-electron chi connectivity index (χ0n) is 21.7. The topological polar surface area (TPSA) is 139 Å². The van der Waals surface area contributed by atoms with Crippen LogP contribution < -0.4 is 10.1 Å². The standard InChI is InChI=1S/C27H32N4O6S2/c1-37-23-13-12-22-26(29-23)38-27(28-22)30-25(34)21(15-17-5-2-3-6-17)18-8-10-20(11-9-18)39(35,36)31-14-4-7-19(31)16-24(32)33/h8-13,17,19,21H,2-7,14-16H2,1H3,(H,32,33)(H,28,30,34)/t19?,21-/m0/s1. The summed E-state index contributed by atoms with van der Waals surface area (Å²) in [6.45, 7) is 0.303. The number of amides is 1. The van der Waals surface area contributed by atoms with Gasteiger partial charge in [-0.05, 0) is 48.9 Å². The molecule has 2 aromatic heterocycles. The summed E-state index contributed by atoms with van der Waals surface area (Å²) in [4.78, 5) is 34.4. The Hall–Kier alpha value is -3.09. The van der Waals surface area contributed by atoms with Crippen LogP contribution in [0, 0.1) is 5.92 Å². The molecule has 1 aliphatic carbocycles. The molecule has 1 saturated carbocycles. The van der Waals surface area contributed by atoms with Crippen LogP contribution >= 0.6 is 11.3 Å². The monoisotopic (exact) mass is 572 g/mol. The van der Waals surface area contributed by atoms with Gasteiger partial charge in [0.1, 0.15) is 10.3 Å². The second-order valence-electron chi connectivity index (χ2n) is 10.2. The Morgan fingerprint density at radius 2 is 1.85 bits per heavy atom. The highest BCUT2D eigenvalue weighted by Gasteiger charge is 2.36. The zero-order chi connectivity index (χ0) is 27.6. The number of carbonyl (C=O) groups excluding carboxylic acids is 1. The Kier molecular flexibility index (Phi) is 8.15. The first-order valence-electron chi connectivity index (χ1n) is 13.2. The number of thiazole rings is 1. The molecular weight excluding hydrogens is 540 g/mol. The summed E-state index contributed by atoms with van der Waals surface area (Å²) in [6, 6.07) is 9.45. The van der Waals surface area contributed by atoms with E-state index < -0.39 is 28.0 Å². The third kappa shape index (κ3) is 6.07. The van der Waals surface area contributed by atoms with Crippen molar-refractivity contribution in [3.8, 4) is 5.88 Å². The van der Waals surface area contributed by atoms with Crippen LogP contribution in [0.2, 0.25) is 0 Å². The molecule has 1 unspecified atom stereocenters. The molecule has 39 heavy (non-hydrogen) atoms. The maximum Gasteiger partial charge on any atom is 0.304 e. The Labute approximate surface area is 231 Å². The number of aromatic nitrogens is 2. The summed E-state index contributed by atoms with van der Waals surface area (Å²) in [6.07, 6.45) is 6.05. The quantitative estimate of drug-likeness (QED) is 0.359. The van der Waals surface area contributed by atoms with Crippen molar-refractivity contribution in [2.45, 2.75) is 68.2 Å². The van der Waals surface area contributed by atoms with Crippen LogP contribution in [0.1, 0.15) is 62.8 Å². The average Bonchev–Trinajstić information content (AvgIpc) is 3.67. The van der Waals surface area contributed by atoms with E-state index in [-0.39, 0.29) is 17.2 Å². The fraction of sp³-hybridized carbons (Fsp3) is 0.481. The molecule has 1 aliphatic heterocycles. The lowest BCUT2D eigenvalue weighted by Gasteiger charge is -2.24. The van der Waals surface area contributed by atoms with Crippen molar-refractivity contribution in [3.05, 3.63) is 42.0 Å². The molecule has 0 bridgehead atoms. The first-order chi connectivity index (χ1) is 18.7. The van der Waals surface area contributed by atoms with E-state index in [0.717, 1.165) is 31.2 Å². The van der Waals surface area contributed by atoms with Crippen molar-refractivity contribution in [1.82, 2.24) is 14.3 Å². The van der Waals surface area contributed by atoms with Crippen molar-refractivity contribution in [2.24, 2.45) is 5.92 Å². The molecule has 1 amide bonds. The molecule has 12 heteroatoms. The van der Waals surface area contributed by atoms with Crippen LogP contribution in [-0.2, 0) is 19.6 Å². The molecule has 2 aliphatic rings. The smallest absolute Gasteiger partial charge is 0.304 e. The minimum absolute atomic E-state index is 0.106. The lowest BCUT2D eigenvalue weighted by atomic mass is 9.87. The number of nitrogens with one attached hydrogen (secondary N) is 1. The number of nitrogens with zero attached hydrogens (tertiary/aromatic N) is 3. The number of anilines is 1. The number of carboxylic acids is 1. The normalized spacial score (nSPS) is 19.4. The van der Waals surface area contributed by atoms with Gasteiger partial charge in [-0.2, -0.15) is 4.31 Å². The van der Waals surface area contributed by atoms with Crippen LogP contribution in [0.5, 0.6) is 5.88 Å². The first-order valence-corrected chi connectivity index (χ1v) is 15.5. The predicted octanol–water partition coefficient (Wildman–Crippen LogP) is 4.63. The number of carbonyl (C=O) groups is 2. The van der Waals surface area contributed by atoms with Gasteiger partial charge >= 0.3 is 5.97 Å². The minimum atomic E-state index is -3.84. The molecule has 0 radical (unpaired) electrons. The van der Waals surface area contributed by atoms with Gasteiger partial charge in [0, 0.05) is 18.7 Å². The Morgan fingerprint density at radius 3 is 2.54 bits per heavy atom. The number of rotatable bonds is 10. The van der Waals surface area contributed by atoms with Gasteiger partial charge in [0.15, 0.2) is 5.13 Å². The van der Waals surface area contributed by atoms with E-state index in [0.29, 0.717) is 53.1 Å². The van der Waals surface area contributed by atoms with Crippen LogP contribution in [-0.4, -0.2) is 59.4 Å². The molecular formula is C27H32N4O6S2. The number of aliphatic carboxylic acids is 1. The number of sulfonamides is 1. The van der Waals surface area contributed by atoms with E-state index in [1.165, 1.54) is 27.8 Å². The van der Waals surface area contributed by atoms with Crippen molar-refractivity contribution in [3.63, 3.8) is 0 Å². The summed E-state index contributed by atoms with van der Waals surface area (Å²) >= 11 is 1.27. The average molecular weight is 573 g/mol. The zero-order valence-corrected chi connectivity index (χ0v) is 23.3. The first kappa shape index (κ1) is 27.5. The molecule has 0 spiro atoms. The summed E-state index contributed by atoms with van der Waals surface area (Å²) in [5, 5.41) is 12.6. The van der Waals surface area contributed by atoms with E-state index >= 15 is 0 Å². The Morgan fingerprint density at radius 1 is 1.10 bits per heavy atom. The Bertz CT molecular complexity index is 1450. The van der Waals surface area contributed by atoms with Crippen molar-refractivity contribution < 1.29 is 27.9 Å². The van der Waals surface area contributed by atoms with Gasteiger partial charge in [0.25, 0.3) is 0 Å². The fourth-order valence-electron chi connectivity index (χ4n) is 5.67. The summed E-state index contributed by atoms with van der Waals surface area (Å²) in [5.41, 5.74) is 1.41. The molecule has 3 heterocycles. The van der Waals surface area contributed by atoms with Crippen LogP contribution in [0.4, 0.5) is 5.13 Å². The van der Waals surface area contributed by atoms with Crippen LogP contribution in [0.3, 0.4) is 0 Å². The van der Waals surface area contributed by atoms with Gasteiger partial charge in [-0.25, -0.2) is 18.4 Å². The second kappa shape index (κ2) is 11.6. The fourth-order valence-corrected chi connectivity index (χ4v) is 8.20. The van der Waals surface area contributed by atoms with E-state index in [9.17, 15) is 23.1 Å². The number of benzene rings is 1. The molecule has 10 nitrogen and oxygen atoms in total. The number of hydrogen-bond acceptors (Lipinski definition) is 8. The molecule has 2 atom stereocenters. The largest absolute Gasteiger partial charge is 0.481 e. The van der Waals surface area contributed by atoms with Crippen molar-refractivity contribution in [1.29, 1.82) is 0 Å². The second-order valence-corrected chi connectivity index (χ2v) is 13.1. The number of pyridine rings is 1. The number of carboxylic acid groups (broad SMARTS) is 1. The molecule has 1 aromatic carbocycles. The molecule has 1 saturated heterocycles. The van der Waals surface area contributed by atoms with E-state index in [1.54, 1.807) is 31.4 Å². The van der Waals surface area contributed by atoms with Crippen molar-refractivity contribution >= 4 is 48.7 Å². The van der Waals surface area contributed by atoms with Gasteiger partial charge in [-0.1, -0.05) is 49.2 Å². The lowest BCUT2D eigenvalue weighted by Crippen LogP contribution is -2.36. The van der Waals surface area contributed by atoms with Crippen LogP contribution in [0.25, 0.3) is 10.3 Å². The maximum atomic E-state index is 13.6. The van der Waals surface area contributed by atoms with E-state index in [1.807, 2.05) is 0 Å². The summed E-state index contributed by atoms with van der Waals surface area (Å²) in [5.74, 6) is -0.773. The van der Waals surface area contributed by atoms with Gasteiger partial charge in [0.05, 0.1) is 24.3 Å². The number of methoxy groups -OCH3 is 1. The van der Waals surface area contributed by atoms with Gasteiger partial charge in [0.2, 0.25) is 21.8 Å². The SMILES string of the molecule is COc1ccc2nc(NC(=O)[C@@H](CC3CCCC3)c3ccc(S(=O)(=O)N4CCCC4CC(=O)O)cc3)sc2n1.